The molecule has 96 valence electrons. The van der Waals surface area contributed by atoms with Gasteiger partial charge in [0, 0.05) is 19.4 Å². The molecular formula is C12H21N3O2. The molecule has 0 radical (unpaired) electrons. The third-order valence-corrected chi connectivity index (χ3v) is 2.39. The Morgan fingerprint density at radius 3 is 2.76 bits per heavy atom. The molecule has 0 aromatic carbocycles. The van der Waals surface area contributed by atoms with Gasteiger partial charge in [0.2, 0.25) is 11.8 Å². The van der Waals surface area contributed by atoms with Crippen molar-refractivity contribution in [1.29, 1.82) is 0 Å². The van der Waals surface area contributed by atoms with Crippen LogP contribution in [0.25, 0.3) is 0 Å². The van der Waals surface area contributed by atoms with E-state index in [1.807, 2.05) is 6.92 Å². The van der Waals surface area contributed by atoms with Gasteiger partial charge in [-0.15, -0.1) is 0 Å². The summed E-state index contributed by atoms with van der Waals surface area (Å²) < 4.78 is 10.5. The van der Waals surface area contributed by atoms with E-state index in [2.05, 4.69) is 29.1 Å². The van der Waals surface area contributed by atoms with Crippen molar-refractivity contribution in [2.45, 2.75) is 26.8 Å². The molecule has 17 heavy (non-hydrogen) atoms. The summed E-state index contributed by atoms with van der Waals surface area (Å²) in [6.45, 7) is 7.41. The Kier molecular flexibility index (Phi) is 5.69. The number of anilines is 1. The van der Waals surface area contributed by atoms with E-state index in [0.29, 0.717) is 31.0 Å². The van der Waals surface area contributed by atoms with Crippen molar-refractivity contribution >= 4 is 5.95 Å². The third-order valence-electron chi connectivity index (χ3n) is 2.39. The van der Waals surface area contributed by atoms with Gasteiger partial charge in [-0.05, 0) is 12.8 Å². The maximum absolute atomic E-state index is 5.33. The summed E-state index contributed by atoms with van der Waals surface area (Å²) in [6.07, 6.45) is 1.69. The van der Waals surface area contributed by atoms with Crippen molar-refractivity contribution in [3.8, 4) is 5.88 Å². The maximum atomic E-state index is 5.33. The second kappa shape index (κ2) is 7.06. The molecule has 1 rings (SSSR count). The first-order valence-electron chi connectivity index (χ1n) is 5.88. The topological polar surface area (TPSA) is 56.3 Å². The van der Waals surface area contributed by atoms with Gasteiger partial charge in [-0.25, -0.2) is 4.98 Å². The highest BCUT2D eigenvalue weighted by molar-refractivity contribution is 5.29. The van der Waals surface area contributed by atoms with Crippen molar-refractivity contribution in [2.24, 2.45) is 5.92 Å². The molecule has 1 aromatic heterocycles. The first-order chi connectivity index (χ1) is 8.17. The lowest BCUT2D eigenvalue weighted by Gasteiger charge is -2.21. The smallest absolute Gasteiger partial charge is 0.226 e. The molecule has 0 aliphatic heterocycles. The first-order valence-corrected chi connectivity index (χ1v) is 5.88. The Bertz CT molecular complexity index is 331. The van der Waals surface area contributed by atoms with Gasteiger partial charge in [0.1, 0.15) is 0 Å². The number of ether oxygens (including phenoxy) is 2. The first kappa shape index (κ1) is 13.7. The van der Waals surface area contributed by atoms with E-state index in [1.165, 1.54) is 0 Å². The molecule has 0 saturated heterocycles. The molecule has 1 heterocycles. The van der Waals surface area contributed by atoms with Crippen LogP contribution in [0.4, 0.5) is 5.95 Å². The van der Waals surface area contributed by atoms with Crippen molar-refractivity contribution in [3.05, 3.63) is 12.3 Å². The zero-order valence-electron chi connectivity index (χ0n) is 10.9. The monoisotopic (exact) mass is 239 g/mol. The van der Waals surface area contributed by atoms with Crippen LogP contribution in [0.15, 0.2) is 12.3 Å². The molecule has 1 atom stereocenters. The van der Waals surface area contributed by atoms with E-state index in [0.717, 1.165) is 0 Å². The summed E-state index contributed by atoms with van der Waals surface area (Å²) in [5.74, 6) is 1.60. The molecule has 0 bridgehead atoms. The van der Waals surface area contributed by atoms with Gasteiger partial charge in [0.25, 0.3) is 0 Å². The minimum absolute atomic E-state index is 0.192. The Balaban J connectivity index is 2.68. The normalized spacial score (nSPS) is 12.5. The van der Waals surface area contributed by atoms with Gasteiger partial charge < -0.3 is 14.8 Å². The van der Waals surface area contributed by atoms with Gasteiger partial charge >= 0.3 is 0 Å². The van der Waals surface area contributed by atoms with E-state index in [1.54, 1.807) is 19.4 Å². The van der Waals surface area contributed by atoms with E-state index in [-0.39, 0.29) is 6.04 Å². The van der Waals surface area contributed by atoms with Crippen LogP contribution in [0.3, 0.4) is 0 Å². The SMILES string of the molecule is CCOc1ccnc(NC(COC)C(C)C)n1. The van der Waals surface area contributed by atoms with Crippen LogP contribution in [0.2, 0.25) is 0 Å². The van der Waals surface area contributed by atoms with Crippen LogP contribution in [-0.2, 0) is 4.74 Å². The second-order valence-electron chi connectivity index (χ2n) is 4.10. The van der Waals surface area contributed by atoms with Crippen molar-refractivity contribution in [2.75, 3.05) is 25.6 Å². The molecular weight excluding hydrogens is 218 g/mol. The summed E-state index contributed by atoms with van der Waals surface area (Å²) in [5, 5.41) is 3.25. The van der Waals surface area contributed by atoms with Gasteiger partial charge in [0.05, 0.1) is 19.3 Å². The number of nitrogens with one attached hydrogen (secondary N) is 1. The highest BCUT2D eigenvalue weighted by atomic mass is 16.5. The van der Waals surface area contributed by atoms with E-state index >= 15 is 0 Å². The zero-order valence-corrected chi connectivity index (χ0v) is 10.9. The van der Waals surface area contributed by atoms with E-state index < -0.39 is 0 Å². The van der Waals surface area contributed by atoms with E-state index in [4.69, 9.17) is 9.47 Å². The van der Waals surface area contributed by atoms with Crippen LogP contribution in [0.5, 0.6) is 5.88 Å². The molecule has 0 saturated carbocycles. The number of rotatable bonds is 7. The number of hydrogen-bond donors (Lipinski definition) is 1. The average Bonchev–Trinajstić information content (AvgIpc) is 2.29. The lowest BCUT2D eigenvalue weighted by Crippen LogP contribution is -2.31. The van der Waals surface area contributed by atoms with Crippen LogP contribution < -0.4 is 10.1 Å². The fourth-order valence-electron chi connectivity index (χ4n) is 1.39. The Hall–Kier alpha value is -1.36. The van der Waals surface area contributed by atoms with Crippen LogP contribution >= 0.6 is 0 Å². The lowest BCUT2D eigenvalue weighted by atomic mass is 10.1. The molecule has 5 heteroatoms. The van der Waals surface area contributed by atoms with Crippen LogP contribution in [-0.4, -0.2) is 36.3 Å². The Morgan fingerprint density at radius 1 is 1.41 bits per heavy atom. The number of hydrogen-bond acceptors (Lipinski definition) is 5. The molecule has 0 spiro atoms. The minimum atomic E-state index is 0.192. The summed E-state index contributed by atoms with van der Waals surface area (Å²) in [7, 11) is 1.69. The standard InChI is InChI=1S/C12H21N3O2/c1-5-17-11-6-7-13-12(15-11)14-10(8-16-4)9(2)3/h6-7,9-10H,5,8H2,1-4H3,(H,13,14,15). The van der Waals surface area contributed by atoms with Crippen molar-refractivity contribution < 1.29 is 9.47 Å². The molecule has 5 nitrogen and oxygen atoms in total. The molecule has 0 amide bonds. The van der Waals surface area contributed by atoms with Crippen molar-refractivity contribution in [3.63, 3.8) is 0 Å². The molecule has 0 aliphatic carbocycles. The average molecular weight is 239 g/mol. The molecule has 0 fully saturated rings. The molecule has 1 unspecified atom stereocenters. The predicted octanol–water partition coefficient (Wildman–Crippen LogP) is 1.96. The lowest BCUT2D eigenvalue weighted by molar-refractivity contribution is 0.170. The van der Waals surface area contributed by atoms with Gasteiger partial charge in [-0.3, -0.25) is 0 Å². The zero-order chi connectivity index (χ0) is 12.7. The maximum Gasteiger partial charge on any atom is 0.226 e. The van der Waals surface area contributed by atoms with Crippen LogP contribution in [0, 0.1) is 5.92 Å². The predicted molar refractivity (Wildman–Crippen MR) is 67.3 cm³/mol. The fourth-order valence-corrected chi connectivity index (χ4v) is 1.39. The molecule has 1 aromatic rings. The van der Waals surface area contributed by atoms with Gasteiger partial charge in [0.15, 0.2) is 0 Å². The summed E-state index contributed by atoms with van der Waals surface area (Å²) in [5.41, 5.74) is 0. The second-order valence-corrected chi connectivity index (χ2v) is 4.10. The highest BCUT2D eigenvalue weighted by Gasteiger charge is 2.14. The van der Waals surface area contributed by atoms with Crippen molar-refractivity contribution in [1.82, 2.24) is 9.97 Å². The van der Waals surface area contributed by atoms with Gasteiger partial charge in [-0.1, -0.05) is 13.8 Å². The van der Waals surface area contributed by atoms with E-state index in [9.17, 15) is 0 Å². The summed E-state index contributed by atoms with van der Waals surface area (Å²) >= 11 is 0. The number of aromatic nitrogens is 2. The molecule has 1 N–H and O–H groups in total. The Labute approximate surface area is 103 Å². The minimum Gasteiger partial charge on any atom is -0.478 e. The quantitative estimate of drug-likeness (QED) is 0.788. The summed E-state index contributed by atoms with van der Waals surface area (Å²) in [6, 6.07) is 1.94. The summed E-state index contributed by atoms with van der Waals surface area (Å²) in [4.78, 5) is 8.44. The third kappa shape index (κ3) is 4.56. The largest absolute Gasteiger partial charge is 0.478 e. The van der Waals surface area contributed by atoms with Crippen LogP contribution in [0.1, 0.15) is 20.8 Å². The van der Waals surface area contributed by atoms with Gasteiger partial charge in [-0.2, -0.15) is 4.98 Å². The fraction of sp³-hybridized carbons (Fsp3) is 0.667. The molecule has 0 aliphatic rings. The number of nitrogens with zero attached hydrogens (tertiary/aromatic N) is 2. The Morgan fingerprint density at radius 2 is 2.18 bits per heavy atom. The highest BCUT2D eigenvalue weighted by Crippen LogP contribution is 2.12. The number of methoxy groups -OCH3 is 1.